The first-order chi connectivity index (χ1) is 9.40. The van der Waals surface area contributed by atoms with E-state index in [4.69, 9.17) is 5.11 Å². The summed E-state index contributed by atoms with van der Waals surface area (Å²) in [4.78, 5) is 12.1. The average Bonchev–Trinajstić information content (AvgIpc) is 2.89. The molecule has 20 heavy (non-hydrogen) atoms. The normalized spacial score (nSPS) is 22.8. The van der Waals surface area contributed by atoms with Gasteiger partial charge in [0.2, 0.25) is 5.91 Å². The van der Waals surface area contributed by atoms with Gasteiger partial charge in [0, 0.05) is 17.8 Å². The summed E-state index contributed by atoms with van der Waals surface area (Å²) in [5.41, 5.74) is -1.82. The Labute approximate surface area is 114 Å². The molecule has 1 aliphatic rings. The summed E-state index contributed by atoms with van der Waals surface area (Å²) in [6.45, 7) is -0.633. The molecule has 0 aliphatic carbocycles. The molecule has 1 fully saturated rings. The van der Waals surface area contributed by atoms with Crippen molar-refractivity contribution in [2.45, 2.75) is 19.2 Å². The Morgan fingerprint density at radius 3 is 2.65 bits per heavy atom. The third-order valence-electron chi connectivity index (χ3n) is 3.57. The monoisotopic (exact) mass is 288 g/mol. The molecule has 1 aliphatic heterocycles. The lowest BCUT2D eigenvalue weighted by Gasteiger charge is -2.29. The quantitative estimate of drug-likeness (QED) is 0.792. The van der Waals surface area contributed by atoms with Crippen molar-refractivity contribution in [2.75, 3.05) is 18.4 Å². The largest absolute Gasteiger partial charge is 0.404 e. The van der Waals surface area contributed by atoms with Gasteiger partial charge in [0.1, 0.15) is 0 Å². The molecule has 1 unspecified atom stereocenters. The van der Waals surface area contributed by atoms with E-state index >= 15 is 0 Å². The second-order valence-electron chi connectivity index (χ2n) is 4.78. The zero-order valence-electron chi connectivity index (χ0n) is 10.6. The highest BCUT2D eigenvalue weighted by Gasteiger charge is 2.61. The van der Waals surface area contributed by atoms with Gasteiger partial charge >= 0.3 is 6.18 Å². The van der Waals surface area contributed by atoms with Crippen LogP contribution in [-0.4, -0.2) is 30.3 Å². The van der Waals surface area contributed by atoms with E-state index in [1.807, 2.05) is 0 Å². The smallest absolute Gasteiger partial charge is 0.392 e. The Morgan fingerprint density at radius 2 is 2.10 bits per heavy atom. The zero-order chi connectivity index (χ0) is 14.8. The van der Waals surface area contributed by atoms with Crippen LogP contribution in [0.3, 0.4) is 0 Å². The summed E-state index contributed by atoms with van der Waals surface area (Å²) in [6, 6.07) is 6.23. The number of carbonyl (C=O) groups excluding carboxylic acids is 1. The molecule has 110 valence electrons. The fourth-order valence-electron chi connectivity index (χ4n) is 2.28. The van der Waals surface area contributed by atoms with E-state index < -0.39 is 24.0 Å². The van der Waals surface area contributed by atoms with Gasteiger partial charge in [-0.25, -0.2) is 0 Å². The number of benzene rings is 1. The molecule has 7 heteroatoms. The van der Waals surface area contributed by atoms with Crippen molar-refractivity contribution in [3.63, 3.8) is 0 Å². The van der Waals surface area contributed by atoms with E-state index in [1.165, 1.54) is 6.07 Å². The Balaban J connectivity index is 2.26. The van der Waals surface area contributed by atoms with Crippen molar-refractivity contribution in [1.82, 2.24) is 5.32 Å². The van der Waals surface area contributed by atoms with Crippen molar-refractivity contribution in [1.29, 1.82) is 0 Å². The number of hydrogen-bond donors (Lipinski definition) is 3. The SMILES string of the molecule is O=C(Nc1ccccc1CO)C1(C(F)(F)F)CCNC1. The van der Waals surface area contributed by atoms with Crippen LogP contribution in [0.15, 0.2) is 24.3 Å². The van der Waals surface area contributed by atoms with Gasteiger partial charge in [-0.2, -0.15) is 13.2 Å². The summed E-state index contributed by atoms with van der Waals surface area (Å²) >= 11 is 0. The number of amides is 1. The fraction of sp³-hybridized carbons (Fsp3) is 0.462. The third kappa shape index (κ3) is 2.51. The van der Waals surface area contributed by atoms with Crippen molar-refractivity contribution >= 4 is 11.6 Å². The van der Waals surface area contributed by atoms with Gasteiger partial charge in [0.15, 0.2) is 5.41 Å². The average molecular weight is 288 g/mol. The Hall–Kier alpha value is -1.60. The van der Waals surface area contributed by atoms with Gasteiger partial charge in [0.05, 0.1) is 6.61 Å². The van der Waals surface area contributed by atoms with Crippen LogP contribution in [0.4, 0.5) is 18.9 Å². The maximum atomic E-state index is 13.2. The summed E-state index contributed by atoms with van der Waals surface area (Å²) in [5, 5.41) is 14.0. The van der Waals surface area contributed by atoms with Crippen molar-refractivity contribution in [2.24, 2.45) is 5.41 Å². The maximum absolute atomic E-state index is 13.2. The predicted molar refractivity (Wildman–Crippen MR) is 67.0 cm³/mol. The van der Waals surface area contributed by atoms with Crippen LogP contribution in [0.1, 0.15) is 12.0 Å². The number of para-hydroxylation sites is 1. The number of halogens is 3. The first kappa shape index (κ1) is 14.8. The molecule has 1 heterocycles. The molecule has 4 nitrogen and oxygen atoms in total. The van der Waals surface area contributed by atoms with Crippen LogP contribution < -0.4 is 10.6 Å². The number of rotatable bonds is 3. The Morgan fingerprint density at radius 1 is 1.40 bits per heavy atom. The minimum Gasteiger partial charge on any atom is -0.392 e. The number of carbonyl (C=O) groups is 1. The lowest BCUT2D eigenvalue weighted by Crippen LogP contribution is -2.49. The lowest BCUT2D eigenvalue weighted by molar-refractivity contribution is -0.213. The molecule has 2 rings (SSSR count). The molecule has 1 aromatic rings. The van der Waals surface area contributed by atoms with E-state index in [0.717, 1.165) is 0 Å². The second-order valence-corrected chi connectivity index (χ2v) is 4.78. The molecule has 3 N–H and O–H groups in total. The molecule has 1 atom stereocenters. The molecule has 0 radical (unpaired) electrons. The fourth-order valence-corrected chi connectivity index (χ4v) is 2.28. The van der Waals surface area contributed by atoms with E-state index in [0.29, 0.717) is 5.56 Å². The zero-order valence-corrected chi connectivity index (χ0v) is 10.6. The number of alkyl halides is 3. The van der Waals surface area contributed by atoms with Crippen LogP contribution in [0, 0.1) is 5.41 Å². The van der Waals surface area contributed by atoms with E-state index in [9.17, 15) is 18.0 Å². The van der Waals surface area contributed by atoms with Crippen LogP contribution in [0.2, 0.25) is 0 Å². The lowest BCUT2D eigenvalue weighted by atomic mass is 9.85. The van der Waals surface area contributed by atoms with Crippen molar-refractivity contribution < 1.29 is 23.1 Å². The highest BCUT2D eigenvalue weighted by atomic mass is 19.4. The van der Waals surface area contributed by atoms with Gasteiger partial charge < -0.3 is 15.7 Å². The van der Waals surface area contributed by atoms with Crippen LogP contribution in [0.25, 0.3) is 0 Å². The minimum absolute atomic E-state index is 0.147. The second kappa shape index (κ2) is 5.41. The van der Waals surface area contributed by atoms with E-state index in [-0.39, 0.29) is 25.3 Å². The molecular formula is C13H15F3N2O2. The predicted octanol–water partition coefficient (Wildman–Crippen LogP) is 1.66. The maximum Gasteiger partial charge on any atom is 0.404 e. The molecule has 0 spiro atoms. The number of hydrogen-bond acceptors (Lipinski definition) is 3. The van der Waals surface area contributed by atoms with Crippen molar-refractivity contribution in [3.05, 3.63) is 29.8 Å². The number of anilines is 1. The molecule has 0 saturated carbocycles. The molecule has 1 amide bonds. The molecule has 0 bridgehead atoms. The third-order valence-corrected chi connectivity index (χ3v) is 3.57. The summed E-state index contributed by atoms with van der Waals surface area (Å²) in [6.07, 6.45) is -4.90. The van der Waals surface area contributed by atoms with Crippen LogP contribution >= 0.6 is 0 Å². The van der Waals surface area contributed by atoms with Gasteiger partial charge in [-0.15, -0.1) is 0 Å². The van der Waals surface area contributed by atoms with Gasteiger partial charge in [-0.1, -0.05) is 18.2 Å². The van der Waals surface area contributed by atoms with E-state index in [1.54, 1.807) is 18.2 Å². The standard InChI is InChI=1S/C13H15F3N2O2/c14-13(15,16)12(5-6-17-8-12)11(20)18-10-4-2-1-3-9(10)7-19/h1-4,17,19H,5-8H2,(H,18,20). The van der Waals surface area contributed by atoms with Gasteiger partial charge in [-0.3, -0.25) is 4.79 Å². The first-order valence-corrected chi connectivity index (χ1v) is 6.18. The summed E-state index contributed by atoms with van der Waals surface area (Å²) < 4.78 is 39.6. The first-order valence-electron chi connectivity index (χ1n) is 6.18. The van der Waals surface area contributed by atoms with Gasteiger partial charge in [0.25, 0.3) is 0 Å². The Bertz CT molecular complexity index is 497. The highest BCUT2D eigenvalue weighted by molar-refractivity contribution is 5.97. The summed E-state index contributed by atoms with van der Waals surface area (Å²) in [7, 11) is 0. The van der Waals surface area contributed by atoms with E-state index in [2.05, 4.69) is 10.6 Å². The number of aliphatic hydroxyl groups excluding tert-OH is 1. The number of nitrogens with one attached hydrogen (secondary N) is 2. The van der Waals surface area contributed by atoms with Gasteiger partial charge in [-0.05, 0) is 19.0 Å². The van der Waals surface area contributed by atoms with Crippen LogP contribution in [-0.2, 0) is 11.4 Å². The van der Waals surface area contributed by atoms with Crippen LogP contribution in [0.5, 0.6) is 0 Å². The highest BCUT2D eigenvalue weighted by Crippen LogP contribution is 2.43. The topological polar surface area (TPSA) is 61.4 Å². The molecular weight excluding hydrogens is 273 g/mol. The molecule has 0 aromatic heterocycles. The van der Waals surface area contributed by atoms with Crippen molar-refractivity contribution in [3.8, 4) is 0 Å². The molecule has 1 aromatic carbocycles. The Kier molecular flexibility index (Phi) is 4.01. The summed E-state index contributed by atoms with van der Waals surface area (Å²) in [5.74, 6) is -1.09. The number of aliphatic hydroxyl groups is 1. The minimum atomic E-state index is -4.62. The molecule has 1 saturated heterocycles.